The number of halogens is 2. The molecule has 0 aliphatic carbocycles. The second-order valence-corrected chi connectivity index (χ2v) is 9.13. The van der Waals surface area contributed by atoms with Crippen molar-refractivity contribution in [3.8, 4) is 0 Å². The van der Waals surface area contributed by atoms with Gasteiger partial charge in [0.2, 0.25) is 5.91 Å². The summed E-state index contributed by atoms with van der Waals surface area (Å²) in [6.07, 6.45) is 1.17. The maximum Gasteiger partial charge on any atom is 0.228 e. The molecule has 8 heteroatoms. The Morgan fingerprint density at radius 3 is 2.32 bits per heavy atom. The highest BCUT2D eigenvalue weighted by atomic mass is 35.5. The van der Waals surface area contributed by atoms with Gasteiger partial charge in [0, 0.05) is 68.7 Å². The van der Waals surface area contributed by atoms with Crippen LogP contribution in [0.25, 0.3) is 0 Å². The number of rotatable bonds is 13. The van der Waals surface area contributed by atoms with Crippen LogP contribution in [0.5, 0.6) is 0 Å². The first-order chi connectivity index (χ1) is 16.6. The minimum Gasteiger partial charge on any atom is -0.379 e. The van der Waals surface area contributed by atoms with Crippen molar-refractivity contribution in [1.29, 1.82) is 0 Å². The van der Waals surface area contributed by atoms with E-state index in [2.05, 4.69) is 15.1 Å². The highest BCUT2D eigenvalue weighted by molar-refractivity contribution is 6.18. The fourth-order valence-electron chi connectivity index (χ4n) is 3.97. The lowest BCUT2D eigenvalue weighted by Gasteiger charge is -2.26. The van der Waals surface area contributed by atoms with E-state index >= 15 is 0 Å². The summed E-state index contributed by atoms with van der Waals surface area (Å²) in [7, 11) is 0. The molecule has 1 N–H and O–H groups in total. The van der Waals surface area contributed by atoms with Crippen molar-refractivity contribution in [2.75, 3.05) is 67.9 Å². The average Bonchev–Trinajstić information content (AvgIpc) is 2.84. The number of nitrogens with one attached hydrogen (secondary N) is 1. The molecule has 2 aromatic rings. The molecule has 0 aromatic heterocycles. The maximum absolute atomic E-state index is 12.6. The van der Waals surface area contributed by atoms with Gasteiger partial charge in [-0.2, -0.15) is 0 Å². The molecule has 1 aliphatic heterocycles. The Bertz CT molecular complexity index is 912. The van der Waals surface area contributed by atoms with Crippen molar-refractivity contribution in [1.82, 2.24) is 4.90 Å². The second kappa shape index (κ2) is 14.3. The number of alkyl halides is 2. The molecule has 184 valence electrons. The van der Waals surface area contributed by atoms with Gasteiger partial charge in [0.1, 0.15) is 5.78 Å². The van der Waals surface area contributed by atoms with Gasteiger partial charge in [0.25, 0.3) is 0 Å². The SMILES string of the molecule is O=C(CCN1CCOCC1)Cc1cccc(NC(=O)Cc2ccc(N(CCCl)CCCl)cc2)c1. The van der Waals surface area contributed by atoms with E-state index in [1.165, 1.54) is 0 Å². The van der Waals surface area contributed by atoms with E-state index < -0.39 is 0 Å². The van der Waals surface area contributed by atoms with E-state index in [9.17, 15) is 9.59 Å². The average molecular weight is 506 g/mol. The van der Waals surface area contributed by atoms with Crippen LogP contribution < -0.4 is 10.2 Å². The number of hydrogen-bond donors (Lipinski definition) is 1. The zero-order chi connectivity index (χ0) is 24.2. The van der Waals surface area contributed by atoms with E-state index in [1.54, 1.807) is 0 Å². The van der Waals surface area contributed by atoms with Crippen LogP contribution in [0.4, 0.5) is 11.4 Å². The molecule has 0 spiro atoms. The Balaban J connectivity index is 1.48. The lowest BCUT2D eigenvalue weighted by molar-refractivity contribution is -0.119. The van der Waals surface area contributed by atoms with Crippen molar-refractivity contribution < 1.29 is 14.3 Å². The number of ketones is 1. The standard InChI is InChI=1S/C26H33Cl2N3O3/c27-9-12-31(13-10-28)24-6-4-21(5-7-24)20-26(33)29-23-3-1-2-22(18-23)19-25(32)8-11-30-14-16-34-17-15-30/h1-7,18H,8-17,19-20H2,(H,29,33). The van der Waals surface area contributed by atoms with Gasteiger partial charge in [0.05, 0.1) is 19.6 Å². The lowest BCUT2D eigenvalue weighted by atomic mass is 10.1. The predicted octanol–water partition coefficient (Wildman–Crippen LogP) is 3.99. The van der Waals surface area contributed by atoms with E-state index in [0.29, 0.717) is 30.3 Å². The van der Waals surface area contributed by atoms with Gasteiger partial charge in [-0.05, 0) is 35.4 Å². The summed E-state index contributed by atoms with van der Waals surface area (Å²) in [5, 5.41) is 2.95. The van der Waals surface area contributed by atoms with E-state index in [4.69, 9.17) is 27.9 Å². The van der Waals surface area contributed by atoms with Crippen molar-refractivity contribution in [2.45, 2.75) is 19.3 Å². The van der Waals surface area contributed by atoms with E-state index in [1.807, 2.05) is 48.5 Å². The van der Waals surface area contributed by atoms with Gasteiger partial charge in [0.15, 0.2) is 0 Å². The van der Waals surface area contributed by atoms with Crippen LogP contribution in [-0.2, 0) is 27.2 Å². The molecule has 1 saturated heterocycles. The Morgan fingerprint density at radius 2 is 1.65 bits per heavy atom. The smallest absolute Gasteiger partial charge is 0.228 e. The highest BCUT2D eigenvalue weighted by Gasteiger charge is 2.13. The third-order valence-electron chi connectivity index (χ3n) is 5.80. The van der Waals surface area contributed by atoms with Crippen LogP contribution in [0.1, 0.15) is 17.5 Å². The number of anilines is 2. The molecule has 34 heavy (non-hydrogen) atoms. The highest BCUT2D eigenvalue weighted by Crippen LogP contribution is 2.17. The summed E-state index contributed by atoms with van der Waals surface area (Å²) in [5.41, 5.74) is 3.58. The normalized spacial score (nSPS) is 14.1. The quantitative estimate of drug-likeness (QED) is 0.417. The number of morpholine rings is 1. The maximum atomic E-state index is 12.6. The van der Waals surface area contributed by atoms with E-state index in [0.717, 1.165) is 62.8 Å². The van der Waals surface area contributed by atoms with Crippen molar-refractivity contribution >= 4 is 46.3 Å². The number of carbonyl (C=O) groups excluding carboxylic acids is 2. The summed E-state index contributed by atoms with van der Waals surface area (Å²) in [6.45, 7) is 5.46. The first kappa shape index (κ1) is 26.5. The summed E-state index contributed by atoms with van der Waals surface area (Å²) in [4.78, 5) is 29.4. The van der Waals surface area contributed by atoms with Crippen LogP contribution in [0.15, 0.2) is 48.5 Å². The van der Waals surface area contributed by atoms with Crippen LogP contribution in [0.2, 0.25) is 0 Å². The van der Waals surface area contributed by atoms with Gasteiger partial charge < -0.3 is 15.0 Å². The minimum absolute atomic E-state index is 0.0954. The van der Waals surface area contributed by atoms with Gasteiger partial charge in [-0.3, -0.25) is 14.5 Å². The van der Waals surface area contributed by atoms with Crippen molar-refractivity contribution in [2.24, 2.45) is 0 Å². The first-order valence-electron chi connectivity index (χ1n) is 11.7. The van der Waals surface area contributed by atoms with Crippen molar-refractivity contribution in [3.63, 3.8) is 0 Å². The fourth-order valence-corrected chi connectivity index (χ4v) is 4.38. The Kier molecular flexibility index (Phi) is 11.2. The van der Waals surface area contributed by atoms with Gasteiger partial charge in [-0.1, -0.05) is 24.3 Å². The summed E-state index contributed by atoms with van der Waals surface area (Å²) in [5.74, 6) is 1.16. The van der Waals surface area contributed by atoms with Crippen LogP contribution in [-0.4, -0.2) is 74.3 Å². The van der Waals surface area contributed by atoms with Crippen LogP contribution in [0, 0.1) is 0 Å². The molecule has 0 saturated carbocycles. The molecule has 1 amide bonds. The third-order valence-corrected chi connectivity index (χ3v) is 6.14. The van der Waals surface area contributed by atoms with Crippen molar-refractivity contribution in [3.05, 3.63) is 59.7 Å². The fraction of sp³-hybridized carbons (Fsp3) is 0.462. The Morgan fingerprint density at radius 1 is 0.941 bits per heavy atom. The molecule has 1 aliphatic rings. The summed E-state index contributed by atoms with van der Waals surface area (Å²) < 4.78 is 5.35. The summed E-state index contributed by atoms with van der Waals surface area (Å²) >= 11 is 11.8. The number of carbonyl (C=O) groups is 2. The van der Waals surface area contributed by atoms with Crippen LogP contribution in [0.3, 0.4) is 0 Å². The molecule has 1 heterocycles. The van der Waals surface area contributed by atoms with Crippen LogP contribution >= 0.6 is 23.2 Å². The number of amides is 1. The van der Waals surface area contributed by atoms with Gasteiger partial charge in [-0.25, -0.2) is 0 Å². The predicted molar refractivity (Wildman–Crippen MR) is 139 cm³/mol. The molecule has 2 aromatic carbocycles. The largest absolute Gasteiger partial charge is 0.379 e. The topological polar surface area (TPSA) is 61.9 Å². The molecule has 6 nitrogen and oxygen atoms in total. The first-order valence-corrected chi connectivity index (χ1v) is 12.8. The summed E-state index contributed by atoms with van der Waals surface area (Å²) in [6, 6.07) is 15.4. The number of Topliss-reactive ketones (excluding diaryl/α,β-unsaturated/α-hetero) is 1. The number of hydrogen-bond acceptors (Lipinski definition) is 5. The zero-order valence-electron chi connectivity index (χ0n) is 19.5. The minimum atomic E-state index is -0.0954. The molecule has 3 rings (SSSR count). The zero-order valence-corrected chi connectivity index (χ0v) is 21.0. The molecule has 0 radical (unpaired) electrons. The Labute approximate surface area is 212 Å². The molecule has 0 atom stereocenters. The van der Waals surface area contributed by atoms with Gasteiger partial charge >= 0.3 is 0 Å². The third kappa shape index (κ3) is 8.91. The molecular formula is C26H33Cl2N3O3. The lowest BCUT2D eigenvalue weighted by Crippen LogP contribution is -2.37. The van der Waals surface area contributed by atoms with Gasteiger partial charge in [-0.15, -0.1) is 23.2 Å². The number of benzene rings is 2. The number of nitrogens with zero attached hydrogens (tertiary/aromatic N) is 2. The molecular weight excluding hydrogens is 473 g/mol. The number of ether oxygens (including phenoxy) is 1. The van der Waals surface area contributed by atoms with E-state index in [-0.39, 0.29) is 18.1 Å². The molecule has 0 bridgehead atoms. The molecule has 0 unspecified atom stereocenters. The molecule has 1 fully saturated rings. The monoisotopic (exact) mass is 505 g/mol. The Hall–Kier alpha value is -2.12. The second-order valence-electron chi connectivity index (χ2n) is 8.38.